The van der Waals surface area contributed by atoms with E-state index in [1.165, 1.54) is 180 Å². The van der Waals surface area contributed by atoms with Crippen LogP contribution in [0.2, 0.25) is 0 Å². The topological polar surface area (TPSA) is 72.8 Å². The van der Waals surface area contributed by atoms with Crippen LogP contribution < -0.4 is 0 Å². The summed E-state index contributed by atoms with van der Waals surface area (Å²) in [5.41, 5.74) is 0. The summed E-state index contributed by atoms with van der Waals surface area (Å²) in [6, 6.07) is 0. The summed E-state index contributed by atoms with van der Waals surface area (Å²) in [7, 11) is 0. The van der Waals surface area contributed by atoms with Gasteiger partial charge in [-0.3, -0.25) is 9.59 Å². The molecule has 0 spiro atoms. The fraction of sp³-hybridized carbons (Fsp3) is 0.703. The Bertz CT molecular complexity index is 1570. The smallest absolute Gasteiger partial charge is 0.306 e. The van der Waals surface area contributed by atoms with Crippen molar-refractivity contribution < 1.29 is 24.2 Å². The number of rotatable bonds is 61. The first-order chi connectivity index (χ1) is 39.1. The lowest BCUT2D eigenvalue weighted by Gasteiger charge is -2.15. The van der Waals surface area contributed by atoms with Gasteiger partial charge < -0.3 is 14.6 Å². The highest BCUT2D eigenvalue weighted by Gasteiger charge is 2.16. The number of hydrogen-bond donors (Lipinski definition) is 1. The molecule has 0 amide bonds. The average molecular weight is 1100 g/mol. The Hall–Kier alpha value is -3.70. The Kier molecular flexibility index (Phi) is 65.4. The van der Waals surface area contributed by atoms with Crippen LogP contribution in [0.3, 0.4) is 0 Å². The van der Waals surface area contributed by atoms with Gasteiger partial charge in [0.25, 0.3) is 0 Å². The van der Waals surface area contributed by atoms with Crippen molar-refractivity contribution in [3.63, 3.8) is 0 Å². The van der Waals surface area contributed by atoms with Crippen molar-refractivity contribution in [1.82, 2.24) is 0 Å². The highest BCUT2D eigenvalue weighted by Crippen LogP contribution is 2.17. The molecule has 0 saturated heterocycles. The van der Waals surface area contributed by atoms with E-state index in [4.69, 9.17) is 9.47 Å². The van der Waals surface area contributed by atoms with Gasteiger partial charge in [-0.15, -0.1) is 0 Å². The average Bonchev–Trinajstić information content (AvgIpc) is 3.45. The van der Waals surface area contributed by atoms with Gasteiger partial charge in [0, 0.05) is 12.8 Å². The van der Waals surface area contributed by atoms with Gasteiger partial charge in [-0.05, 0) is 89.9 Å². The van der Waals surface area contributed by atoms with Gasteiger partial charge in [0.05, 0.1) is 6.61 Å². The number of allylic oxidation sites excluding steroid dienone is 20. The maximum Gasteiger partial charge on any atom is 0.306 e. The van der Waals surface area contributed by atoms with Crippen molar-refractivity contribution in [3.05, 3.63) is 122 Å². The van der Waals surface area contributed by atoms with E-state index in [-0.39, 0.29) is 25.2 Å². The number of unbranched alkanes of at least 4 members (excludes halogenated alkanes) is 33. The first-order valence-electron chi connectivity index (χ1n) is 33.6. The normalized spacial score (nSPS) is 13.0. The molecule has 0 aliphatic rings. The largest absolute Gasteiger partial charge is 0.462 e. The summed E-state index contributed by atoms with van der Waals surface area (Å²) >= 11 is 0. The van der Waals surface area contributed by atoms with E-state index in [0.29, 0.717) is 12.8 Å². The van der Waals surface area contributed by atoms with Crippen molar-refractivity contribution in [2.45, 2.75) is 322 Å². The van der Waals surface area contributed by atoms with Gasteiger partial charge in [0.1, 0.15) is 6.61 Å². The molecule has 0 saturated carbocycles. The lowest BCUT2D eigenvalue weighted by Crippen LogP contribution is -2.28. The predicted molar refractivity (Wildman–Crippen MR) is 348 cm³/mol. The Morgan fingerprint density at radius 1 is 0.304 bits per heavy atom. The third-order valence-electron chi connectivity index (χ3n) is 14.5. The molecular weight excluding hydrogens is 969 g/mol. The second kappa shape index (κ2) is 68.6. The number of esters is 2. The van der Waals surface area contributed by atoms with Crippen molar-refractivity contribution in [2.75, 3.05) is 13.2 Å². The number of aliphatic hydroxyl groups excluding tert-OH is 1. The van der Waals surface area contributed by atoms with Gasteiger partial charge in [0.15, 0.2) is 6.10 Å². The molecule has 0 aromatic carbocycles. The van der Waals surface area contributed by atoms with E-state index in [1.807, 2.05) is 0 Å². The molecule has 1 N–H and O–H groups in total. The summed E-state index contributed by atoms with van der Waals surface area (Å²) in [5.74, 6) is -0.593. The minimum atomic E-state index is -0.784. The van der Waals surface area contributed by atoms with Gasteiger partial charge in [-0.2, -0.15) is 0 Å². The van der Waals surface area contributed by atoms with Crippen LogP contribution in [0, 0.1) is 0 Å². The summed E-state index contributed by atoms with van der Waals surface area (Å²) < 4.78 is 10.7. The molecule has 452 valence electrons. The van der Waals surface area contributed by atoms with Crippen LogP contribution in [0.25, 0.3) is 0 Å². The molecule has 0 rings (SSSR count). The molecule has 0 radical (unpaired) electrons. The molecule has 5 heteroatoms. The molecule has 0 aliphatic carbocycles. The van der Waals surface area contributed by atoms with Gasteiger partial charge >= 0.3 is 11.9 Å². The second-order valence-electron chi connectivity index (χ2n) is 22.2. The highest BCUT2D eigenvalue weighted by molar-refractivity contribution is 5.70. The van der Waals surface area contributed by atoms with Crippen molar-refractivity contribution in [3.8, 4) is 0 Å². The zero-order chi connectivity index (χ0) is 56.9. The molecule has 1 atom stereocenters. The van der Waals surface area contributed by atoms with Crippen LogP contribution in [-0.4, -0.2) is 36.4 Å². The van der Waals surface area contributed by atoms with Crippen LogP contribution in [0.5, 0.6) is 0 Å². The Balaban J connectivity index is 3.54. The summed E-state index contributed by atoms with van der Waals surface area (Å²) in [6.07, 6.45) is 101. The van der Waals surface area contributed by atoms with E-state index in [0.717, 1.165) is 109 Å². The van der Waals surface area contributed by atoms with Crippen molar-refractivity contribution >= 4 is 11.9 Å². The Morgan fingerprint density at radius 2 is 0.544 bits per heavy atom. The van der Waals surface area contributed by atoms with Gasteiger partial charge in [0.2, 0.25) is 0 Å². The molecule has 0 bridgehead atoms. The van der Waals surface area contributed by atoms with Gasteiger partial charge in [-0.1, -0.05) is 334 Å². The lowest BCUT2D eigenvalue weighted by molar-refractivity contribution is -0.161. The Labute approximate surface area is 490 Å². The maximum absolute atomic E-state index is 12.4. The number of carbonyl (C=O) groups is 2. The Morgan fingerprint density at radius 3 is 0.823 bits per heavy atom. The molecule has 0 aliphatic heterocycles. The number of ether oxygens (including phenoxy) is 2. The van der Waals surface area contributed by atoms with E-state index in [2.05, 4.69) is 135 Å². The van der Waals surface area contributed by atoms with Crippen LogP contribution in [0.15, 0.2) is 122 Å². The first-order valence-corrected chi connectivity index (χ1v) is 33.6. The minimum Gasteiger partial charge on any atom is -0.462 e. The van der Waals surface area contributed by atoms with Crippen LogP contribution in [0.1, 0.15) is 316 Å². The molecule has 0 aromatic rings. The molecule has 1 unspecified atom stereocenters. The van der Waals surface area contributed by atoms with E-state index in [9.17, 15) is 14.7 Å². The molecule has 0 heterocycles. The van der Waals surface area contributed by atoms with E-state index in [1.54, 1.807) is 0 Å². The van der Waals surface area contributed by atoms with Crippen LogP contribution >= 0.6 is 0 Å². The summed E-state index contributed by atoms with van der Waals surface area (Å²) in [4.78, 5) is 24.6. The fourth-order valence-corrected chi connectivity index (χ4v) is 9.53. The molecule has 0 fully saturated rings. The molecule has 0 aromatic heterocycles. The number of aliphatic hydroxyl groups is 1. The first kappa shape index (κ1) is 75.3. The lowest BCUT2D eigenvalue weighted by atomic mass is 10.0. The van der Waals surface area contributed by atoms with Crippen molar-refractivity contribution in [1.29, 1.82) is 0 Å². The summed E-state index contributed by atoms with van der Waals surface area (Å²) in [6.45, 7) is 4.05. The van der Waals surface area contributed by atoms with E-state index >= 15 is 0 Å². The van der Waals surface area contributed by atoms with Gasteiger partial charge in [-0.25, -0.2) is 0 Å². The maximum atomic E-state index is 12.4. The number of hydrogen-bond acceptors (Lipinski definition) is 5. The zero-order valence-electron chi connectivity index (χ0n) is 51.9. The van der Waals surface area contributed by atoms with Crippen LogP contribution in [-0.2, 0) is 19.1 Å². The molecule has 79 heavy (non-hydrogen) atoms. The quantitative estimate of drug-likeness (QED) is 0.0373. The predicted octanol–water partition coefficient (Wildman–Crippen LogP) is 23.4. The van der Waals surface area contributed by atoms with Crippen LogP contribution in [0.4, 0.5) is 0 Å². The second-order valence-corrected chi connectivity index (χ2v) is 22.2. The number of carbonyl (C=O) groups excluding carboxylic acids is 2. The summed E-state index contributed by atoms with van der Waals surface area (Å²) in [5, 5.41) is 9.69. The minimum absolute atomic E-state index is 0.0714. The SMILES string of the molecule is CC/C=C\C/C=C\C/C=C\C/C=C\C/C=C\C/C=C\C/C=C\C/C=C\C/C=C\C/C=C\CCCCCCCCCCC(=O)OC(CO)COC(=O)CCCCCCCCCCCCCCCCCCCCCCCCCCCC. The monoisotopic (exact) mass is 1090 g/mol. The third kappa shape index (κ3) is 66.7. The zero-order valence-corrected chi connectivity index (χ0v) is 51.9. The van der Waals surface area contributed by atoms with E-state index < -0.39 is 6.10 Å². The molecule has 5 nitrogen and oxygen atoms in total. The van der Waals surface area contributed by atoms with Crippen molar-refractivity contribution in [2.24, 2.45) is 0 Å². The third-order valence-corrected chi connectivity index (χ3v) is 14.5. The highest BCUT2D eigenvalue weighted by atomic mass is 16.6. The molecular formula is C74H126O5. The standard InChI is InChI=1S/C74H126O5/c1-3-5-7-9-11-13-15-17-19-21-23-25-27-29-31-32-33-34-35-36-37-38-39-40-41-42-43-45-47-49-51-53-55-57-59-61-63-65-67-69-74(77)79-72(70-75)71-78-73(76)68-66-64-62-60-58-56-54-52-50-48-46-44-30-28-26-24-22-20-18-16-14-12-10-8-6-4-2/h5,7,11,13,17,19,23,25,29,31,33-34,36-37,39-40,42-43,47,49,72,75H,3-4,6,8-10,12,14-16,18,20-22,24,26-28,30,32,35,38,41,44-46,48,50-71H2,1-2H3/b7-5-,13-11-,19-17-,25-23-,31-29-,34-33-,37-36-,40-39-,43-42-,49-47-. The fourth-order valence-electron chi connectivity index (χ4n) is 9.53.